The first-order valence-electron chi connectivity index (χ1n) is 24.7. The number of carboxylic acid groups (broad SMARTS) is 1. The van der Waals surface area contributed by atoms with Gasteiger partial charge < -0.3 is 66.4 Å². The van der Waals surface area contributed by atoms with Crippen molar-refractivity contribution < 1.29 is 59.9 Å². The van der Waals surface area contributed by atoms with Crippen molar-refractivity contribution in [2.24, 2.45) is 79.6 Å². The van der Waals surface area contributed by atoms with E-state index >= 15 is 0 Å². The number of hydrogen-bond donors (Lipinski definition) is 11. The van der Waals surface area contributed by atoms with Gasteiger partial charge in [-0.3, -0.25) is 9.59 Å². The number of carbonyl (C=O) groups is 2. The number of ether oxygens (including phenoxy) is 2. The monoisotopic (exact) mass is 925 g/mol. The number of nitrogens with zero attached hydrogens (tertiary/aromatic N) is 1. The Hall–Kier alpha value is -2.77. The lowest BCUT2D eigenvalue weighted by atomic mass is 9.31. The predicted octanol–water partition coefficient (Wildman–Crippen LogP) is 2.15. The van der Waals surface area contributed by atoms with E-state index in [1.807, 2.05) is 6.92 Å². The van der Waals surface area contributed by atoms with E-state index in [4.69, 9.17) is 15.2 Å². The number of allylic oxidation sites excluding steroid dienone is 3. The number of hydrogen-bond acceptors (Lipinski definition) is 13. The normalized spacial score (nSPS) is 52.0. The Morgan fingerprint density at radius 3 is 2.36 bits per heavy atom. The zero-order valence-electron chi connectivity index (χ0n) is 39.3. The molecule has 16 heteroatoms. The van der Waals surface area contributed by atoms with Crippen LogP contribution in [0.1, 0.15) is 105 Å². The van der Waals surface area contributed by atoms with E-state index < -0.39 is 124 Å². The van der Waals surface area contributed by atoms with Gasteiger partial charge in [-0.15, -0.1) is 0 Å². The van der Waals surface area contributed by atoms with Crippen LogP contribution in [0.2, 0.25) is 0 Å². The Kier molecular flexibility index (Phi) is 12.2. The van der Waals surface area contributed by atoms with Crippen LogP contribution in [0.4, 0.5) is 0 Å². The SMILES string of the molecule is C[C@]1(CO)CC[C@]2(C(=O)O)CC[C@]3(C)C(=CC[C@@H]4[C@@]5(C)[C@H]([C@@H]6C=C[C@@](CCCN)(c7cnc[nH]7)[C@@H]7NC(=O)[C@@H](CO)[C@H]67)[C@@H](O)[C@@H](O[C@@H]6OC[C@@H](O)[C@H](O)[C@H]6O)[C@@](C)(CO)[C@H]5CC[C@]43C)[C@@H]2C1. The summed E-state index contributed by atoms with van der Waals surface area (Å²) < 4.78 is 12.5. The molecule has 12 N–H and O–H groups in total. The molecule has 21 atom stereocenters. The summed E-state index contributed by atoms with van der Waals surface area (Å²) in [4.78, 5) is 35.4. The van der Waals surface area contributed by atoms with Gasteiger partial charge >= 0.3 is 5.97 Å². The molecule has 0 aromatic carbocycles. The minimum Gasteiger partial charge on any atom is -0.481 e. The molecule has 3 heterocycles. The highest BCUT2D eigenvalue weighted by atomic mass is 16.7. The Balaban J connectivity index is 1.23. The molecule has 1 amide bonds. The third-order valence-electron chi connectivity index (χ3n) is 20.9. The van der Waals surface area contributed by atoms with Gasteiger partial charge in [-0.2, -0.15) is 0 Å². The number of carboxylic acids is 1. The molecule has 1 aromatic rings. The minimum atomic E-state index is -1.66. The van der Waals surface area contributed by atoms with Crippen molar-refractivity contribution in [2.75, 3.05) is 33.0 Å². The van der Waals surface area contributed by atoms with Gasteiger partial charge in [0.2, 0.25) is 5.91 Å². The number of nitrogens with two attached hydrogens (primary N) is 1. The molecule has 0 spiro atoms. The molecule has 8 aliphatic rings. The summed E-state index contributed by atoms with van der Waals surface area (Å²) in [5, 5.41) is 94.0. The van der Waals surface area contributed by atoms with Crippen LogP contribution in [0.25, 0.3) is 0 Å². The van der Waals surface area contributed by atoms with Crippen molar-refractivity contribution in [2.45, 2.75) is 147 Å². The lowest BCUT2D eigenvalue weighted by molar-refractivity contribution is -0.343. The van der Waals surface area contributed by atoms with E-state index in [9.17, 15) is 50.4 Å². The average molecular weight is 925 g/mol. The molecule has 2 saturated heterocycles. The van der Waals surface area contributed by atoms with Crippen LogP contribution in [0.5, 0.6) is 0 Å². The van der Waals surface area contributed by atoms with Crippen LogP contribution in [0, 0.1) is 73.9 Å². The molecule has 2 aliphatic heterocycles. The number of aliphatic carboxylic acids is 1. The first-order valence-corrected chi connectivity index (χ1v) is 24.7. The summed E-state index contributed by atoms with van der Waals surface area (Å²) in [5.41, 5.74) is 3.13. The summed E-state index contributed by atoms with van der Waals surface area (Å²) >= 11 is 0. The van der Waals surface area contributed by atoms with Crippen LogP contribution in [0.15, 0.2) is 36.3 Å². The van der Waals surface area contributed by atoms with E-state index in [2.05, 4.69) is 61.2 Å². The number of imidazole rings is 1. The van der Waals surface area contributed by atoms with Crippen LogP contribution in [-0.4, -0.2) is 139 Å². The molecule has 6 aliphatic carbocycles. The van der Waals surface area contributed by atoms with Gasteiger partial charge in [0.15, 0.2) is 6.29 Å². The molecular formula is C50H76N4O12. The van der Waals surface area contributed by atoms with Crippen molar-refractivity contribution in [1.29, 1.82) is 0 Å². The molecule has 0 unspecified atom stereocenters. The number of H-pyrrole nitrogens is 1. The number of carbonyl (C=O) groups excluding carboxylic acids is 1. The minimum absolute atomic E-state index is 0.0228. The number of aromatic amines is 1. The Bertz CT molecular complexity index is 2070. The van der Waals surface area contributed by atoms with E-state index in [-0.39, 0.29) is 36.9 Å². The molecular weight excluding hydrogens is 849 g/mol. The van der Waals surface area contributed by atoms with E-state index in [1.165, 1.54) is 0 Å². The summed E-state index contributed by atoms with van der Waals surface area (Å²) in [5.74, 6) is -4.40. The molecule has 6 fully saturated rings. The number of nitrogens with one attached hydrogen (secondary N) is 2. The van der Waals surface area contributed by atoms with Crippen molar-refractivity contribution in [1.82, 2.24) is 15.3 Å². The maximum absolute atomic E-state index is 14.3. The lowest BCUT2D eigenvalue weighted by Crippen LogP contribution is -2.74. The summed E-state index contributed by atoms with van der Waals surface area (Å²) in [6.45, 7) is 10.1. The molecule has 1 aromatic heterocycles. The maximum atomic E-state index is 14.3. The van der Waals surface area contributed by atoms with Gasteiger partial charge in [0.05, 0.1) is 55.1 Å². The molecule has 9 rings (SSSR count). The fraction of sp³-hybridized carbons (Fsp3) is 0.820. The highest BCUT2D eigenvalue weighted by molar-refractivity contribution is 5.83. The topological polar surface area (TPSA) is 281 Å². The van der Waals surface area contributed by atoms with Gasteiger partial charge in [-0.1, -0.05) is 58.4 Å². The van der Waals surface area contributed by atoms with Crippen molar-refractivity contribution in [3.8, 4) is 0 Å². The van der Waals surface area contributed by atoms with Crippen LogP contribution in [-0.2, 0) is 24.5 Å². The van der Waals surface area contributed by atoms with Crippen molar-refractivity contribution >= 4 is 11.9 Å². The zero-order chi connectivity index (χ0) is 47.6. The second kappa shape index (κ2) is 16.7. The molecule has 0 bridgehead atoms. The van der Waals surface area contributed by atoms with Gasteiger partial charge in [0.25, 0.3) is 0 Å². The number of aromatic nitrogens is 2. The number of fused-ring (bicyclic) bond motifs is 8. The summed E-state index contributed by atoms with van der Waals surface area (Å²) in [6.07, 6.45) is 7.35. The number of aliphatic hydroxyl groups excluding tert-OH is 7. The largest absolute Gasteiger partial charge is 0.481 e. The standard InChI is InChI=1S/C50H76N4O12/c1-44(23-56)14-16-49(43(63)64)17-15-46(3)28(29(49)19-44)7-8-32-47(46,4)12-10-31-45(2,24-57)40(66-42-38(61)36(59)30(58)22-65-42)37(60)35(48(31,32)5)26-9-13-50(11-6-18-51,33-20-52-25-53-33)39-34(26)27(21-55)41(62)54-39/h7,9,13,20,25-27,29-32,34-40,42,55-61H,6,8,10-12,14-19,21-24,51H2,1-5H3,(H,52,53)(H,54,62)(H,63,64)/t26-,27+,29+,30-,31-,32+,34+,35-,36+,37-,38-,39-,40-,42+,44+,45+,46-,47-,48+,49+,50+/m1/s1. The van der Waals surface area contributed by atoms with Crippen LogP contribution in [0.3, 0.4) is 0 Å². The van der Waals surface area contributed by atoms with E-state index in [0.717, 1.165) is 17.7 Å². The van der Waals surface area contributed by atoms with E-state index in [0.29, 0.717) is 64.3 Å². The fourth-order valence-corrected chi connectivity index (χ4v) is 17.1. The Morgan fingerprint density at radius 2 is 1.71 bits per heavy atom. The van der Waals surface area contributed by atoms with E-state index in [1.54, 1.807) is 12.5 Å². The lowest BCUT2D eigenvalue weighted by Gasteiger charge is -2.74. The first kappa shape index (κ1) is 48.3. The van der Waals surface area contributed by atoms with Crippen LogP contribution >= 0.6 is 0 Å². The highest BCUT2D eigenvalue weighted by Crippen LogP contribution is 2.78. The van der Waals surface area contributed by atoms with Gasteiger partial charge in [-0.25, -0.2) is 4.98 Å². The molecule has 4 saturated carbocycles. The van der Waals surface area contributed by atoms with Crippen molar-refractivity contribution in [3.63, 3.8) is 0 Å². The Morgan fingerprint density at radius 1 is 0.970 bits per heavy atom. The highest BCUT2D eigenvalue weighted by Gasteiger charge is 2.75. The fourth-order valence-electron chi connectivity index (χ4n) is 17.1. The molecule has 16 nitrogen and oxygen atoms in total. The number of aliphatic hydroxyl groups is 7. The number of rotatable bonds is 11. The number of amides is 1. The van der Waals surface area contributed by atoms with Gasteiger partial charge in [0.1, 0.15) is 18.3 Å². The molecule has 66 heavy (non-hydrogen) atoms. The summed E-state index contributed by atoms with van der Waals surface area (Å²) in [6, 6.07) is -0.538. The third kappa shape index (κ3) is 6.47. The zero-order valence-corrected chi connectivity index (χ0v) is 39.3. The van der Waals surface area contributed by atoms with Gasteiger partial charge in [0, 0.05) is 35.9 Å². The summed E-state index contributed by atoms with van der Waals surface area (Å²) in [7, 11) is 0. The third-order valence-corrected chi connectivity index (χ3v) is 20.9. The van der Waals surface area contributed by atoms with Crippen LogP contribution < -0.4 is 11.1 Å². The molecule has 368 valence electrons. The van der Waals surface area contributed by atoms with Crippen molar-refractivity contribution in [3.05, 3.63) is 42.0 Å². The maximum Gasteiger partial charge on any atom is 0.310 e. The smallest absolute Gasteiger partial charge is 0.310 e. The first-order chi connectivity index (χ1) is 31.2. The van der Waals surface area contributed by atoms with Gasteiger partial charge in [-0.05, 0) is 122 Å². The second-order valence-electron chi connectivity index (χ2n) is 23.5. The predicted molar refractivity (Wildman–Crippen MR) is 240 cm³/mol. The average Bonchev–Trinajstić information content (AvgIpc) is 3.96. The molecule has 0 radical (unpaired) electrons. The second-order valence-corrected chi connectivity index (χ2v) is 23.5. The Labute approximate surface area is 387 Å². The quantitative estimate of drug-likeness (QED) is 0.112.